The Morgan fingerprint density at radius 2 is 2.06 bits per heavy atom. The Bertz CT molecular complexity index is 472. The third-order valence-corrected chi connectivity index (χ3v) is 4.32. The van der Waals surface area contributed by atoms with Crippen LogP contribution in [-0.2, 0) is 0 Å². The Morgan fingerprint density at radius 1 is 1.44 bits per heavy atom. The quantitative estimate of drug-likeness (QED) is 0.925. The van der Waals surface area contributed by atoms with Crippen LogP contribution < -0.4 is 4.90 Å². The van der Waals surface area contributed by atoms with E-state index in [0.717, 1.165) is 12.8 Å². The fraction of sp³-hybridized carbons (Fsp3) is 0.462. The predicted octanol–water partition coefficient (Wildman–Crippen LogP) is 3.67. The number of carboxylic acids is 1. The number of anilines is 1. The van der Waals surface area contributed by atoms with Gasteiger partial charge in [-0.05, 0) is 40.9 Å². The summed E-state index contributed by atoms with van der Waals surface area (Å²) in [5, 5.41) is 8.92. The van der Waals surface area contributed by atoms with E-state index in [0.29, 0.717) is 11.7 Å². The second kappa shape index (κ2) is 5.26. The average molecular weight is 316 g/mol. The van der Waals surface area contributed by atoms with E-state index in [1.165, 1.54) is 18.9 Å². The highest BCUT2D eigenvalue weighted by Gasteiger charge is 2.24. The third kappa shape index (κ3) is 2.36. The SMILES string of the molecule is CN(c1ccc(C(=O)O)c(Br)c1F)C1CCCC1. The Balaban J connectivity index is 2.34. The molecule has 0 bridgehead atoms. The summed E-state index contributed by atoms with van der Waals surface area (Å²) in [5.41, 5.74) is 0.412. The van der Waals surface area contributed by atoms with Crippen molar-refractivity contribution in [1.29, 1.82) is 0 Å². The van der Waals surface area contributed by atoms with Gasteiger partial charge in [-0.15, -0.1) is 0 Å². The standard InChI is InChI=1S/C13H15BrFNO2/c1-16(8-4-2-3-5-8)10-7-6-9(13(17)18)11(14)12(10)15/h6-8H,2-5H2,1H3,(H,17,18). The minimum Gasteiger partial charge on any atom is -0.478 e. The molecule has 1 aliphatic carbocycles. The number of hydrogen-bond acceptors (Lipinski definition) is 2. The maximum atomic E-state index is 14.2. The monoisotopic (exact) mass is 315 g/mol. The number of hydrogen-bond donors (Lipinski definition) is 1. The van der Waals surface area contributed by atoms with Crippen molar-refractivity contribution < 1.29 is 14.3 Å². The zero-order valence-electron chi connectivity index (χ0n) is 10.1. The molecule has 0 aromatic heterocycles. The van der Waals surface area contributed by atoms with Crippen LogP contribution in [0.5, 0.6) is 0 Å². The number of carboxylic acid groups (broad SMARTS) is 1. The summed E-state index contributed by atoms with van der Waals surface area (Å²) in [6, 6.07) is 3.33. The zero-order valence-corrected chi connectivity index (χ0v) is 11.7. The maximum Gasteiger partial charge on any atom is 0.336 e. The summed E-state index contributed by atoms with van der Waals surface area (Å²) < 4.78 is 14.2. The summed E-state index contributed by atoms with van der Waals surface area (Å²) in [5.74, 6) is -1.62. The number of nitrogens with zero attached hydrogens (tertiary/aromatic N) is 1. The first kappa shape index (κ1) is 13.3. The molecular formula is C13H15BrFNO2. The number of aromatic carboxylic acids is 1. The molecule has 1 saturated carbocycles. The molecule has 98 valence electrons. The first-order valence-electron chi connectivity index (χ1n) is 5.96. The van der Waals surface area contributed by atoms with Gasteiger partial charge in [0.05, 0.1) is 15.7 Å². The number of halogens is 2. The van der Waals surface area contributed by atoms with E-state index in [-0.39, 0.29) is 10.0 Å². The third-order valence-electron chi connectivity index (χ3n) is 3.54. The molecule has 0 aliphatic heterocycles. The van der Waals surface area contributed by atoms with E-state index >= 15 is 0 Å². The lowest BCUT2D eigenvalue weighted by Gasteiger charge is -2.27. The molecule has 0 spiro atoms. The Kier molecular flexibility index (Phi) is 3.90. The summed E-state index contributed by atoms with van der Waals surface area (Å²) in [6.45, 7) is 0. The van der Waals surface area contributed by atoms with Crippen molar-refractivity contribution in [3.8, 4) is 0 Å². The van der Waals surface area contributed by atoms with E-state index in [1.54, 1.807) is 6.07 Å². The van der Waals surface area contributed by atoms with Crippen molar-refractivity contribution in [2.75, 3.05) is 11.9 Å². The fourth-order valence-corrected chi connectivity index (χ4v) is 2.97. The van der Waals surface area contributed by atoms with E-state index in [2.05, 4.69) is 15.9 Å². The molecular weight excluding hydrogens is 301 g/mol. The van der Waals surface area contributed by atoms with Gasteiger partial charge in [-0.25, -0.2) is 9.18 Å². The van der Waals surface area contributed by atoms with Crippen LogP contribution in [0.25, 0.3) is 0 Å². The molecule has 1 aromatic rings. The lowest BCUT2D eigenvalue weighted by Crippen LogP contribution is -2.29. The number of benzene rings is 1. The summed E-state index contributed by atoms with van der Waals surface area (Å²) in [6.07, 6.45) is 4.47. The molecule has 0 unspecified atom stereocenters. The minimum absolute atomic E-state index is 0.0253. The molecule has 0 saturated heterocycles. The predicted molar refractivity (Wildman–Crippen MR) is 71.7 cm³/mol. The maximum absolute atomic E-state index is 14.2. The van der Waals surface area contributed by atoms with E-state index in [1.807, 2.05) is 11.9 Å². The highest BCUT2D eigenvalue weighted by molar-refractivity contribution is 9.10. The van der Waals surface area contributed by atoms with Crippen LogP contribution in [0.4, 0.5) is 10.1 Å². The van der Waals surface area contributed by atoms with Crippen molar-refractivity contribution in [2.24, 2.45) is 0 Å². The molecule has 0 amide bonds. The largest absolute Gasteiger partial charge is 0.478 e. The van der Waals surface area contributed by atoms with Crippen molar-refractivity contribution in [2.45, 2.75) is 31.7 Å². The van der Waals surface area contributed by atoms with Gasteiger partial charge in [0.2, 0.25) is 0 Å². The highest BCUT2D eigenvalue weighted by atomic mass is 79.9. The lowest BCUT2D eigenvalue weighted by molar-refractivity contribution is 0.0695. The van der Waals surface area contributed by atoms with Gasteiger partial charge in [0.1, 0.15) is 0 Å². The van der Waals surface area contributed by atoms with Crippen molar-refractivity contribution >= 4 is 27.6 Å². The van der Waals surface area contributed by atoms with E-state index in [9.17, 15) is 9.18 Å². The molecule has 1 N–H and O–H groups in total. The second-order valence-corrected chi connectivity index (χ2v) is 5.41. The summed E-state index contributed by atoms with van der Waals surface area (Å²) in [7, 11) is 1.86. The van der Waals surface area contributed by atoms with Crippen LogP contribution in [0.2, 0.25) is 0 Å². The molecule has 1 aromatic carbocycles. The fourth-order valence-electron chi connectivity index (χ4n) is 2.47. The lowest BCUT2D eigenvalue weighted by atomic mass is 10.1. The molecule has 0 atom stereocenters. The highest BCUT2D eigenvalue weighted by Crippen LogP contribution is 2.33. The first-order valence-corrected chi connectivity index (χ1v) is 6.75. The van der Waals surface area contributed by atoms with Crippen LogP contribution in [0.15, 0.2) is 16.6 Å². The molecule has 0 heterocycles. The normalized spacial score (nSPS) is 15.9. The topological polar surface area (TPSA) is 40.5 Å². The molecule has 3 nitrogen and oxygen atoms in total. The molecule has 1 fully saturated rings. The minimum atomic E-state index is -1.13. The average Bonchev–Trinajstić information content (AvgIpc) is 2.85. The van der Waals surface area contributed by atoms with Gasteiger partial charge in [0.15, 0.2) is 5.82 Å². The van der Waals surface area contributed by atoms with E-state index < -0.39 is 11.8 Å². The number of rotatable bonds is 3. The van der Waals surface area contributed by atoms with Crippen LogP contribution in [0, 0.1) is 5.82 Å². The Hall–Kier alpha value is -1.10. The van der Waals surface area contributed by atoms with Crippen molar-refractivity contribution in [1.82, 2.24) is 0 Å². The molecule has 18 heavy (non-hydrogen) atoms. The van der Waals surface area contributed by atoms with Gasteiger partial charge in [0, 0.05) is 13.1 Å². The van der Waals surface area contributed by atoms with E-state index in [4.69, 9.17) is 5.11 Å². The van der Waals surface area contributed by atoms with Gasteiger partial charge in [0.25, 0.3) is 0 Å². The van der Waals surface area contributed by atoms with Crippen LogP contribution in [-0.4, -0.2) is 24.2 Å². The molecule has 5 heteroatoms. The molecule has 2 rings (SSSR count). The van der Waals surface area contributed by atoms with Crippen molar-refractivity contribution in [3.63, 3.8) is 0 Å². The van der Waals surface area contributed by atoms with Gasteiger partial charge >= 0.3 is 5.97 Å². The van der Waals surface area contributed by atoms with Gasteiger partial charge in [-0.3, -0.25) is 0 Å². The van der Waals surface area contributed by atoms with Crippen LogP contribution in [0.1, 0.15) is 36.0 Å². The van der Waals surface area contributed by atoms with Crippen LogP contribution >= 0.6 is 15.9 Å². The second-order valence-electron chi connectivity index (χ2n) is 4.61. The Labute approximate surface area is 114 Å². The van der Waals surface area contributed by atoms with Crippen LogP contribution in [0.3, 0.4) is 0 Å². The Morgan fingerprint density at radius 3 is 2.61 bits per heavy atom. The smallest absolute Gasteiger partial charge is 0.336 e. The first-order chi connectivity index (χ1) is 8.52. The zero-order chi connectivity index (χ0) is 13.3. The molecule has 0 radical (unpaired) electrons. The van der Waals surface area contributed by atoms with Gasteiger partial charge in [-0.1, -0.05) is 12.8 Å². The van der Waals surface area contributed by atoms with Gasteiger partial charge in [-0.2, -0.15) is 0 Å². The summed E-state index contributed by atoms with van der Waals surface area (Å²) >= 11 is 3.03. The summed E-state index contributed by atoms with van der Waals surface area (Å²) in [4.78, 5) is 12.8. The van der Waals surface area contributed by atoms with Gasteiger partial charge < -0.3 is 10.0 Å². The number of carbonyl (C=O) groups is 1. The molecule has 1 aliphatic rings. The van der Waals surface area contributed by atoms with Crippen molar-refractivity contribution in [3.05, 3.63) is 28.0 Å².